The highest BCUT2D eigenvalue weighted by Gasteiger charge is 2.28. The van der Waals surface area contributed by atoms with Crippen molar-refractivity contribution in [2.75, 3.05) is 17.2 Å². The third-order valence-corrected chi connectivity index (χ3v) is 6.52. The van der Waals surface area contributed by atoms with Crippen molar-refractivity contribution in [1.29, 1.82) is 0 Å². The van der Waals surface area contributed by atoms with Gasteiger partial charge in [-0.05, 0) is 45.0 Å². The Bertz CT molecular complexity index is 1050. The van der Waals surface area contributed by atoms with Gasteiger partial charge in [-0.15, -0.1) is 15.7 Å². The largest absolute Gasteiger partial charge is 0.462 e. The maximum atomic E-state index is 12.8. The number of ether oxygens (including phenoxy) is 1. The first-order chi connectivity index (χ1) is 12.8. The zero-order chi connectivity index (χ0) is 19.6. The minimum absolute atomic E-state index is 0.0462. The molecule has 0 radical (unpaired) electrons. The van der Waals surface area contributed by atoms with Crippen LogP contribution in [-0.4, -0.2) is 26.8 Å². The molecule has 1 aliphatic heterocycles. The van der Waals surface area contributed by atoms with E-state index in [0.29, 0.717) is 17.1 Å². The van der Waals surface area contributed by atoms with E-state index in [2.05, 4.69) is 15.0 Å². The van der Waals surface area contributed by atoms with Crippen molar-refractivity contribution in [3.63, 3.8) is 0 Å². The molecule has 9 heteroatoms. The highest BCUT2D eigenvalue weighted by atomic mass is 32.2. The fourth-order valence-electron chi connectivity index (χ4n) is 2.57. The van der Waals surface area contributed by atoms with Crippen LogP contribution in [0.5, 0.6) is 0 Å². The van der Waals surface area contributed by atoms with Gasteiger partial charge >= 0.3 is 5.97 Å². The number of amidine groups is 1. The van der Waals surface area contributed by atoms with Gasteiger partial charge in [-0.2, -0.15) is 8.42 Å². The van der Waals surface area contributed by atoms with Crippen LogP contribution in [-0.2, 0) is 19.6 Å². The lowest BCUT2D eigenvalue weighted by molar-refractivity contribution is -0.137. The van der Waals surface area contributed by atoms with E-state index in [0.717, 1.165) is 16.2 Å². The second kappa shape index (κ2) is 7.53. The Kier molecular flexibility index (Phi) is 5.33. The summed E-state index contributed by atoms with van der Waals surface area (Å²) in [5.41, 5.74) is 1.80. The average Bonchev–Trinajstić information content (AvgIpc) is 2.98. The van der Waals surface area contributed by atoms with Crippen molar-refractivity contribution in [2.24, 2.45) is 4.40 Å². The standard InChI is InChI=1S/C18H19N3O4S2/c1-4-25-18(22)16-12(3)19-13-7-5-6-8-14(13)20-17(16)21-27(23,24)15-10-9-11(2)26-15/h5-10,19H,4H2,1-3H3,(H,20,21). The van der Waals surface area contributed by atoms with Crippen LogP contribution in [0.15, 0.2) is 56.3 Å². The summed E-state index contributed by atoms with van der Waals surface area (Å²) in [5.74, 6) is -0.728. The number of carbonyl (C=O) groups is 1. The molecular weight excluding hydrogens is 386 g/mol. The highest BCUT2D eigenvalue weighted by molar-refractivity contribution is 7.92. The third kappa shape index (κ3) is 4.04. The van der Waals surface area contributed by atoms with E-state index in [4.69, 9.17) is 4.74 Å². The maximum absolute atomic E-state index is 12.8. The molecule has 0 saturated carbocycles. The van der Waals surface area contributed by atoms with Gasteiger partial charge in [0.15, 0.2) is 5.84 Å². The van der Waals surface area contributed by atoms with E-state index in [9.17, 15) is 13.2 Å². The number of fused-ring (bicyclic) bond motifs is 1. The molecule has 0 bridgehead atoms. The first-order valence-electron chi connectivity index (χ1n) is 8.24. The van der Waals surface area contributed by atoms with Crippen molar-refractivity contribution in [3.8, 4) is 0 Å². The molecule has 2 N–H and O–H groups in total. The molecule has 0 fully saturated rings. The molecule has 0 aliphatic carbocycles. The summed E-state index contributed by atoms with van der Waals surface area (Å²) < 4.78 is 34.7. The number of sulfonamides is 1. The predicted octanol–water partition coefficient (Wildman–Crippen LogP) is 3.52. The van der Waals surface area contributed by atoms with Gasteiger partial charge in [-0.25, -0.2) is 4.79 Å². The third-order valence-electron chi connectivity index (χ3n) is 3.78. The van der Waals surface area contributed by atoms with Crippen molar-refractivity contribution < 1.29 is 17.9 Å². The molecule has 142 valence electrons. The monoisotopic (exact) mass is 405 g/mol. The number of hydrogen-bond acceptors (Lipinski definition) is 6. The molecule has 0 amide bonds. The van der Waals surface area contributed by atoms with Gasteiger partial charge in [0.05, 0.1) is 18.0 Å². The number of para-hydroxylation sites is 2. The van der Waals surface area contributed by atoms with E-state index in [-0.39, 0.29) is 22.2 Å². The van der Waals surface area contributed by atoms with Gasteiger partial charge in [0, 0.05) is 10.6 Å². The Morgan fingerprint density at radius 2 is 1.78 bits per heavy atom. The van der Waals surface area contributed by atoms with Crippen LogP contribution in [0.1, 0.15) is 18.7 Å². The molecule has 1 aliphatic rings. The number of allylic oxidation sites excluding steroid dienone is 1. The summed E-state index contributed by atoms with van der Waals surface area (Å²) in [6.45, 7) is 5.33. The highest BCUT2D eigenvalue weighted by Crippen LogP contribution is 2.29. The summed E-state index contributed by atoms with van der Waals surface area (Å²) in [6.07, 6.45) is 0. The number of nitrogens with one attached hydrogen (secondary N) is 2. The lowest BCUT2D eigenvalue weighted by atomic mass is 10.2. The molecule has 0 spiro atoms. The number of benzene rings is 1. The molecule has 2 aromatic rings. The van der Waals surface area contributed by atoms with Crippen LogP contribution in [0.25, 0.3) is 0 Å². The Morgan fingerprint density at radius 3 is 2.37 bits per heavy atom. The van der Waals surface area contributed by atoms with Gasteiger partial charge in [-0.3, -0.25) is 0 Å². The SMILES string of the molecule is CCOC(=O)C1=C(C)Nc2ccccc2N/C1=N/S(=O)(=O)c1ccc(C)s1. The normalized spacial score (nSPS) is 15.6. The summed E-state index contributed by atoms with van der Waals surface area (Å²) in [4.78, 5) is 13.4. The lowest BCUT2D eigenvalue weighted by Gasteiger charge is -2.11. The van der Waals surface area contributed by atoms with Gasteiger partial charge in [0.1, 0.15) is 9.78 Å². The fourth-order valence-corrected chi connectivity index (χ4v) is 4.79. The zero-order valence-electron chi connectivity index (χ0n) is 15.1. The van der Waals surface area contributed by atoms with E-state index in [1.807, 2.05) is 19.1 Å². The van der Waals surface area contributed by atoms with E-state index in [1.165, 1.54) is 6.07 Å². The number of nitrogens with zero attached hydrogens (tertiary/aromatic N) is 1. The van der Waals surface area contributed by atoms with Gasteiger partial charge < -0.3 is 15.4 Å². The Morgan fingerprint density at radius 1 is 1.11 bits per heavy atom. The fraction of sp³-hybridized carbons (Fsp3) is 0.222. The van der Waals surface area contributed by atoms with Crippen LogP contribution < -0.4 is 10.6 Å². The van der Waals surface area contributed by atoms with Crippen LogP contribution in [0, 0.1) is 6.92 Å². The summed E-state index contributed by atoms with van der Waals surface area (Å²) in [7, 11) is -3.99. The van der Waals surface area contributed by atoms with E-state index < -0.39 is 16.0 Å². The van der Waals surface area contributed by atoms with Gasteiger partial charge in [0.2, 0.25) is 0 Å². The number of thiophene rings is 1. The van der Waals surface area contributed by atoms with Crippen LogP contribution in [0.3, 0.4) is 0 Å². The average molecular weight is 406 g/mol. The van der Waals surface area contributed by atoms with Gasteiger partial charge in [-0.1, -0.05) is 12.1 Å². The van der Waals surface area contributed by atoms with Gasteiger partial charge in [0.25, 0.3) is 10.0 Å². The lowest BCUT2D eigenvalue weighted by Crippen LogP contribution is -2.24. The molecule has 3 rings (SSSR count). The molecule has 1 aromatic heterocycles. The zero-order valence-corrected chi connectivity index (χ0v) is 16.7. The first-order valence-corrected chi connectivity index (χ1v) is 10.5. The maximum Gasteiger partial charge on any atom is 0.343 e. The van der Waals surface area contributed by atoms with Crippen LogP contribution in [0.2, 0.25) is 0 Å². The quantitative estimate of drug-likeness (QED) is 0.756. The van der Waals surface area contributed by atoms with Crippen LogP contribution >= 0.6 is 11.3 Å². The van der Waals surface area contributed by atoms with Crippen molar-refractivity contribution in [3.05, 3.63) is 52.5 Å². The molecule has 27 heavy (non-hydrogen) atoms. The Labute approximate surface area is 161 Å². The molecule has 7 nitrogen and oxygen atoms in total. The summed E-state index contributed by atoms with van der Waals surface area (Å²) in [5, 5.41) is 6.08. The van der Waals surface area contributed by atoms with Crippen molar-refractivity contribution >= 4 is 44.5 Å². The van der Waals surface area contributed by atoms with E-state index >= 15 is 0 Å². The number of aryl methyl sites for hydroxylation is 1. The second-order valence-corrected chi connectivity index (χ2v) is 8.91. The number of esters is 1. The predicted molar refractivity (Wildman–Crippen MR) is 107 cm³/mol. The molecule has 0 atom stereocenters. The first kappa shape index (κ1) is 19.1. The number of carbonyl (C=O) groups excluding carboxylic acids is 1. The molecule has 1 aromatic carbocycles. The number of rotatable bonds is 4. The summed E-state index contributed by atoms with van der Waals surface area (Å²) in [6, 6.07) is 10.4. The number of hydrogen-bond donors (Lipinski definition) is 2. The minimum Gasteiger partial charge on any atom is -0.462 e. The topological polar surface area (TPSA) is 96.9 Å². The smallest absolute Gasteiger partial charge is 0.343 e. The molecule has 0 unspecified atom stereocenters. The van der Waals surface area contributed by atoms with Crippen LogP contribution in [0.4, 0.5) is 11.4 Å². The Hall–Kier alpha value is -2.65. The molecule has 2 heterocycles. The second-order valence-electron chi connectivity index (χ2n) is 5.80. The van der Waals surface area contributed by atoms with Crippen molar-refractivity contribution in [1.82, 2.24) is 0 Å². The number of anilines is 2. The molecule has 0 saturated heterocycles. The minimum atomic E-state index is -3.99. The summed E-state index contributed by atoms with van der Waals surface area (Å²) >= 11 is 1.12. The van der Waals surface area contributed by atoms with Crippen molar-refractivity contribution in [2.45, 2.75) is 25.0 Å². The van der Waals surface area contributed by atoms with E-state index in [1.54, 1.807) is 32.0 Å². The molecular formula is C18H19N3O4S2. The Balaban J connectivity index is 2.16.